The molecule has 0 amide bonds. The van der Waals surface area contributed by atoms with E-state index in [9.17, 15) is 9.90 Å². The van der Waals surface area contributed by atoms with Gasteiger partial charge in [0.15, 0.2) is 5.76 Å². The lowest BCUT2D eigenvalue weighted by molar-refractivity contribution is -0.125. The van der Waals surface area contributed by atoms with Crippen molar-refractivity contribution >= 4 is 5.78 Å². The van der Waals surface area contributed by atoms with Gasteiger partial charge in [0, 0.05) is 0 Å². The Bertz CT molecular complexity index is 388. The number of rotatable bonds is 8. The van der Waals surface area contributed by atoms with Crippen LogP contribution in [0.3, 0.4) is 0 Å². The minimum Gasteiger partial charge on any atom is -0.491 e. The number of aliphatic hydroxyl groups is 1. The average molecular weight is 282 g/mol. The van der Waals surface area contributed by atoms with Crippen LogP contribution < -0.4 is 0 Å². The van der Waals surface area contributed by atoms with Gasteiger partial charge in [0.2, 0.25) is 11.5 Å². The Labute approximate surface area is 121 Å². The number of carbonyl (C=O) groups is 1. The third-order valence-corrected chi connectivity index (χ3v) is 4.26. The van der Waals surface area contributed by atoms with Crippen molar-refractivity contribution in [2.45, 2.75) is 64.4 Å². The van der Waals surface area contributed by atoms with E-state index in [0.717, 1.165) is 38.5 Å². The van der Waals surface area contributed by atoms with Crippen LogP contribution >= 0.6 is 0 Å². The molecule has 0 heterocycles. The summed E-state index contributed by atoms with van der Waals surface area (Å²) in [6, 6.07) is 0. The molecule has 4 heteroatoms. The van der Waals surface area contributed by atoms with Crippen LogP contribution in [0.2, 0.25) is 0 Å². The topological polar surface area (TPSA) is 55.8 Å². The van der Waals surface area contributed by atoms with Crippen LogP contribution in [-0.4, -0.2) is 29.7 Å². The van der Waals surface area contributed by atoms with Gasteiger partial charge in [-0.1, -0.05) is 26.7 Å². The van der Waals surface area contributed by atoms with Crippen molar-refractivity contribution < 1.29 is 19.4 Å². The van der Waals surface area contributed by atoms with Gasteiger partial charge in [-0.2, -0.15) is 0 Å². The summed E-state index contributed by atoms with van der Waals surface area (Å²) in [5.74, 6) is 0.291. The molecule has 114 valence electrons. The van der Waals surface area contributed by atoms with E-state index >= 15 is 0 Å². The molecule has 1 saturated carbocycles. The standard InChI is InChI=1S/C16H26O4/c1-3-5-10-19-14-13(17)12-8-7-9-16(12,18)15(14)20-11-6-4-2/h12,18H,3-11H2,1-2H3. The summed E-state index contributed by atoms with van der Waals surface area (Å²) >= 11 is 0. The lowest BCUT2D eigenvalue weighted by atomic mass is 9.93. The van der Waals surface area contributed by atoms with E-state index in [-0.39, 0.29) is 11.7 Å². The molecule has 0 aromatic carbocycles. The van der Waals surface area contributed by atoms with Crippen LogP contribution in [0.5, 0.6) is 0 Å². The van der Waals surface area contributed by atoms with Crippen molar-refractivity contribution in [3.63, 3.8) is 0 Å². The Morgan fingerprint density at radius 3 is 2.50 bits per heavy atom. The summed E-state index contributed by atoms with van der Waals surface area (Å²) in [6.07, 6.45) is 6.07. The Morgan fingerprint density at radius 2 is 1.85 bits per heavy atom. The van der Waals surface area contributed by atoms with Gasteiger partial charge in [-0.3, -0.25) is 4.79 Å². The first kappa shape index (κ1) is 15.4. The first-order valence-corrected chi connectivity index (χ1v) is 7.92. The normalized spacial score (nSPS) is 28.9. The van der Waals surface area contributed by atoms with Gasteiger partial charge in [0.1, 0.15) is 5.60 Å². The fourth-order valence-corrected chi connectivity index (χ4v) is 3.04. The summed E-state index contributed by atoms with van der Waals surface area (Å²) in [4.78, 5) is 12.4. The molecule has 1 N–H and O–H groups in total. The summed E-state index contributed by atoms with van der Waals surface area (Å²) in [6.45, 7) is 5.22. The highest BCUT2D eigenvalue weighted by atomic mass is 16.5. The lowest BCUT2D eigenvalue weighted by Crippen LogP contribution is -2.34. The maximum Gasteiger partial charge on any atom is 0.207 e. The highest BCUT2D eigenvalue weighted by Gasteiger charge is 2.58. The molecular formula is C16H26O4. The number of carbonyl (C=O) groups excluding carboxylic acids is 1. The molecule has 0 radical (unpaired) electrons. The highest BCUT2D eigenvalue weighted by molar-refractivity contribution is 6.00. The van der Waals surface area contributed by atoms with E-state index in [1.165, 1.54) is 0 Å². The predicted molar refractivity (Wildman–Crippen MR) is 76.0 cm³/mol. The van der Waals surface area contributed by atoms with Crippen molar-refractivity contribution in [3.8, 4) is 0 Å². The molecule has 0 aromatic heterocycles. The number of hydrogen-bond acceptors (Lipinski definition) is 4. The van der Waals surface area contributed by atoms with Gasteiger partial charge in [-0.25, -0.2) is 0 Å². The zero-order chi connectivity index (χ0) is 14.6. The Morgan fingerprint density at radius 1 is 1.20 bits per heavy atom. The van der Waals surface area contributed by atoms with Crippen molar-refractivity contribution in [1.82, 2.24) is 0 Å². The number of ketones is 1. The molecule has 20 heavy (non-hydrogen) atoms. The number of hydrogen-bond donors (Lipinski definition) is 1. The van der Waals surface area contributed by atoms with E-state index in [4.69, 9.17) is 9.47 Å². The molecule has 0 bridgehead atoms. The predicted octanol–water partition coefficient (Wildman–Crippen LogP) is 2.95. The zero-order valence-corrected chi connectivity index (χ0v) is 12.6. The number of fused-ring (bicyclic) bond motifs is 1. The maximum atomic E-state index is 12.4. The fourth-order valence-electron chi connectivity index (χ4n) is 3.04. The van der Waals surface area contributed by atoms with Crippen molar-refractivity contribution in [1.29, 1.82) is 0 Å². The molecule has 2 unspecified atom stereocenters. The van der Waals surface area contributed by atoms with Gasteiger partial charge >= 0.3 is 0 Å². The first-order valence-electron chi connectivity index (χ1n) is 7.92. The summed E-state index contributed by atoms with van der Waals surface area (Å²) < 4.78 is 11.4. The second-order valence-electron chi connectivity index (χ2n) is 5.80. The molecule has 0 aromatic rings. The number of allylic oxidation sites excluding steroid dienone is 1. The van der Waals surface area contributed by atoms with Gasteiger partial charge < -0.3 is 14.6 Å². The molecule has 0 spiro atoms. The maximum absolute atomic E-state index is 12.4. The lowest BCUT2D eigenvalue weighted by Gasteiger charge is -2.24. The SMILES string of the molecule is CCCCOC1=C(OCCCC)C2(O)CCCC2C1=O. The van der Waals surface area contributed by atoms with Crippen molar-refractivity contribution in [2.24, 2.45) is 5.92 Å². The van der Waals surface area contributed by atoms with Crippen LogP contribution in [0.4, 0.5) is 0 Å². The molecule has 2 aliphatic rings. The summed E-state index contributed by atoms with van der Waals surface area (Å²) in [7, 11) is 0. The molecule has 2 rings (SSSR count). The monoisotopic (exact) mass is 282 g/mol. The van der Waals surface area contributed by atoms with Gasteiger partial charge in [0.25, 0.3) is 0 Å². The number of ether oxygens (including phenoxy) is 2. The van der Waals surface area contributed by atoms with Crippen LogP contribution in [0.25, 0.3) is 0 Å². The Hall–Kier alpha value is -1.03. The van der Waals surface area contributed by atoms with Crippen LogP contribution in [0.15, 0.2) is 11.5 Å². The molecule has 2 atom stereocenters. The summed E-state index contributed by atoms with van der Waals surface area (Å²) in [5, 5.41) is 10.8. The van der Waals surface area contributed by atoms with E-state index in [1.807, 2.05) is 0 Å². The zero-order valence-electron chi connectivity index (χ0n) is 12.6. The van der Waals surface area contributed by atoms with E-state index < -0.39 is 5.60 Å². The van der Waals surface area contributed by atoms with Crippen molar-refractivity contribution in [3.05, 3.63) is 11.5 Å². The quantitative estimate of drug-likeness (QED) is 0.695. The van der Waals surface area contributed by atoms with Gasteiger partial charge in [0.05, 0.1) is 19.1 Å². The van der Waals surface area contributed by atoms with Gasteiger partial charge in [-0.15, -0.1) is 0 Å². The third kappa shape index (κ3) is 2.71. The third-order valence-electron chi connectivity index (χ3n) is 4.26. The van der Waals surface area contributed by atoms with E-state index in [1.54, 1.807) is 0 Å². The van der Waals surface area contributed by atoms with E-state index in [2.05, 4.69) is 13.8 Å². The molecule has 1 fully saturated rings. The van der Waals surface area contributed by atoms with Crippen molar-refractivity contribution in [2.75, 3.05) is 13.2 Å². The van der Waals surface area contributed by atoms with Crippen LogP contribution in [0, 0.1) is 5.92 Å². The minimum absolute atomic E-state index is 0.0624. The molecule has 0 aliphatic heterocycles. The molecular weight excluding hydrogens is 256 g/mol. The number of unbranched alkanes of at least 4 members (excludes halogenated alkanes) is 2. The minimum atomic E-state index is -1.10. The van der Waals surface area contributed by atoms with Crippen LogP contribution in [0.1, 0.15) is 58.8 Å². The molecule has 4 nitrogen and oxygen atoms in total. The first-order chi connectivity index (χ1) is 9.65. The summed E-state index contributed by atoms with van der Waals surface area (Å²) in [5.41, 5.74) is -1.10. The largest absolute Gasteiger partial charge is 0.491 e. The van der Waals surface area contributed by atoms with Gasteiger partial charge in [-0.05, 0) is 32.1 Å². The number of Topliss-reactive ketones (excluding diaryl/α,β-unsaturated/α-hetero) is 1. The average Bonchev–Trinajstić information content (AvgIpc) is 2.90. The second kappa shape index (κ2) is 6.61. The fraction of sp³-hybridized carbons (Fsp3) is 0.812. The van der Waals surface area contributed by atoms with Crippen LogP contribution in [-0.2, 0) is 14.3 Å². The Kier molecular flexibility index (Phi) is 5.08. The molecule has 2 aliphatic carbocycles. The second-order valence-corrected chi connectivity index (χ2v) is 5.80. The van der Waals surface area contributed by atoms with E-state index in [0.29, 0.717) is 31.2 Å². The smallest absolute Gasteiger partial charge is 0.207 e. The Balaban J connectivity index is 2.15. The molecule has 0 saturated heterocycles. The highest BCUT2D eigenvalue weighted by Crippen LogP contribution is 2.49.